The molecule has 4 rings (SSSR count). The first kappa shape index (κ1) is 18.0. The molecule has 1 amide bonds. The van der Waals surface area contributed by atoms with Gasteiger partial charge in [-0.15, -0.1) is 0 Å². The van der Waals surface area contributed by atoms with Crippen LogP contribution in [0, 0.1) is 5.82 Å². The molecule has 3 aromatic rings. The molecule has 0 radical (unpaired) electrons. The Labute approximate surface area is 163 Å². The average Bonchev–Trinajstić information content (AvgIpc) is 3.53. The molecule has 4 nitrogen and oxygen atoms in total. The summed E-state index contributed by atoms with van der Waals surface area (Å²) in [5.74, 6) is 1.03. The second-order valence-electron chi connectivity index (χ2n) is 6.85. The summed E-state index contributed by atoms with van der Waals surface area (Å²) in [5, 5.41) is 6.26. The van der Waals surface area contributed by atoms with Gasteiger partial charge in [-0.05, 0) is 66.9 Å². The SMILES string of the molecule is O=C(NC1CC1)C(Nc1ccc(Oc2ccccc2)cc1)c1ccc(F)cc1. The van der Waals surface area contributed by atoms with Crippen LogP contribution in [0.1, 0.15) is 24.4 Å². The summed E-state index contributed by atoms with van der Waals surface area (Å²) in [7, 11) is 0. The van der Waals surface area contributed by atoms with Crippen molar-refractivity contribution in [3.63, 3.8) is 0 Å². The number of nitrogens with one attached hydrogen (secondary N) is 2. The van der Waals surface area contributed by atoms with Gasteiger partial charge in [0.1, 0.15) is 23.4 Å². The number of anilines is 1. The number of amides is 1. The molecule has 1 unspecified atom stereocenters. The summed E-state index contributed by atoms with van der Waals surface area (Å²) in [6, 6.07) is 22.6. The predicted molar refractivity (Wildman–Crippen MR) is 107 cm³/mol. The molecule has 0 saturated heterocycles. The monoisotopic (exact) mass is 376 g/mol. The largest absolute Gasteiger partial charge is 0.457 e. The number of para-hydroxylation sites is 1. The molecule has 1 saturated carbocycles. The van der Waals surface area contributed by atoms with Crippen molar-refractivity contribution in [3.05, 3.63) is 90.2 Å². The molecule has 28 heavy (non-hydrogen) atoms. The molecule has 1 atom stereocenters. The van der Waals surface area contributed by atoms with Gasteiger partial charge < -0.3 is 15.4 Å². The Morgan fingerprint density at radius 1 is 0.893 bits per heavy atom. The zero-order chi connectivity index (χ0) is 19.3. The van der Waals surface area contributed by atoms with Gasteiger partial charge >= 0.3 is 0 Å². The van der Waals surface area contributed by atoms with Crippen LogP contribution in [0.15, 0.2) is 78.9 Å². The normalized spacial score (nSPS) is 14.2. The fraction of sp³-hybridized carbons (Fsp3) is 0.174. The maximum atomic E-state index is 13.3. The quantitative estimate of drug-likeness (QED) is 0.607. The van der Waals surface area contributed by atoms with Gasteiger partial charge in [0.25, 0.3) is 0 Å². The Hall–Kier alpha value is -3.34. The second kappa shape index (κ2) is 8.13. The summed E-state index contributed by atoms with van der Waals surface area (Å²) in [5.41, 5.74) is 1.49. The van der Waals surface area contributed by atoms with Gasteiger partial charge in [-0.1, -0.05) is 30.3 Å². The summed E-state index contributed by atoms with van der Waals surface area (Å²) >= 11 is 0. The third kappa shape index (κ3) is 4.68. The Morgan fingerprint density at radius 3 is 2.18 bits per heavy atom. The lowest BCUT2D eigenvalue weighted by molar-refractivity contribution is -0.122. The molecular formula is C23H21FN2O2. The van der Waals surface area contributed by atoms with E-state index in [1.807, 2.05) is 54.6 Å². The van der Waals surface area contributed by atoms with E-state index in [9.17, 15) is 9.18 Å². The molecule has 1 fully saturated rings. The van der Waals surface area contributed by atoms with Crippen LogP contribution < -0.4 is 15.4 Å². The van der Waals surface area contributed by atoms with Crippen LogP contribution in [0.2, 0.25) is 0 Å². The third-order valence-corrected chi connectivity index (χ3v) is 4.53. The number of carbonyl (C=O) groups is 1. The maximum Gasteiger partial charge on any atom is 0.247 e. The minimum Gasteiger partial charge on any atom is -0.457 e. The Kier molecular flexibility index (Phi) is 5.24. The van der Waals surface area contributed by atoms with Gasteiger partial charge in [0, 0.05) is 11.7 Å². The van der Waals surface area contributed by atoms with E-state index in [1.165, 1.54) is 12.1 Å². The van der Waals surface area contributed by atoms with Gasteiger partial charge in [0.2, 0.25) is 5.91 Å². The first-order valence-electron chi connectivity index (χ1n) is 9.33. The smallest absolute Gasteiger partial charge is 0.247 e. The Balaban J connectivity index is 1.49. The first-order valence-corrected chi connectivity index (χ1v) is 9.33. The number of rotatable bonds is 7. The van der Waals surface area contributed by atoms with E-state index < -0.39 is 6.04 Å². The van der Waals surface area contributed by atoms with E-state index in [-0.39, 0.29) is 17.8 Å². The van der Waals surface area contributed by atoms with E-state index in [0.29, 0.717) is 11.3 Å². The van der Waals surface area contributed by atoms with Crippen molar-refractivity contribution < 1.29 is 13.9 Å². The third-order valence-electron chi connectivity index (χ3n) is 4.53. The number of carbonyl (C=O) groups excluding carboxylic acids is 1. The predicted octanol–water partition coefficient (Wildman–Crippen LogP) is 5.05. The molecule has 0 aromatic heterocycles. The molecule has 0 heterocycles. The first-order chi connectivity index (χ1) is 13.7. The number of ether oxygens (including phenoxy) is 1. The summed E-state index contributed by atoms with van der Waals surface area (Å²) in [6.07, 6.45) is 2.01. The van der Waals surface area contributed by atoms with Crippen LogP contribution in [0.3, 0.4) is 0 Å². The zero-order valence-electron chi connectivity index (χ0n) is 15.3. The van der Waals surface area contributed by atoms with Gasteiger partial charge in [-0.25, -0.2) is 4.39 Å². The highest BCUT2D eigenvalue weighted by Gasteiger charge is 2.28. The average molecular weight is 376 g/mol. The molecule has 3 aromatic carbocycles. The molecule has 0 aliphatic heterocycles. The fourth-order valence-corrected chi connectivity index (χ4v) is 2.88. The lowest BCUT2D eigenvalue weighted by Crippen LogP contribution is -2.34. The molecule has 5 heteroatoms. The number of hydrogen-bond acceptors (Lipinski definition) is 3. The van der Waals surface area contributed by atoms with E-state index >= 15 is 0 Å². The highest BCUT2D eigenvalue weighted by Crippen LogP contribution is 2.27. The molecular weight excluding hydrogens is 355 g/mol. The van der Waals surface area contributed by atoms with Gasteiger partial charge in [0.05, 0.1) is 0 Å². The van der Waals surface area contributed by atoms with Gasteiger partial charge in [-0.2, -0.15) is 0 Å². The van der Waals surface area contributed by atoms with Crippen molar-refractivity contribution in [2.24, 2.45) is 0 Å². The van der Waals surface area contributed by atoms with Crippen molar-refractivity contribution in [2.45, 2.75) is 24.9 Å². The standard InChI is InChI=1S/C23H21FN2O2/c24-17-8-6-16(7-9-17)22(23(27)26-19-10-11-19)25-18-12-14-21(15-13-18)28-20-4-2-1-3-5-20/h1-9,12-15,19,22,25H,10-11H2,(H,26,27). The van der Waals surface area contributed by atoms with E-state index in [4.69, 9.17) is 4.74 Å². The molecule has 0 spiro atoms. The number of benzene rings is 3. The minimum atomic E-state index is -0.595. The summed E-state index contributed by atoms with van der Waals surface area (Å²) in [4.78, 5) is 12.7. The van der Waals surface area contributed by atoms with Crippen LogP contribution in [0.25, 0.3) is 0 Å². The van der Waals surface area contributed by atoms with Gasteiger partial charge in [-0.3, -0.25) is 4.79 Å². The van der Waals surface area contributed by atoms with Crippen LogP contribution in [0.4, 0.5) is 10.1 Å². The van der Waals surface area contributed by atoms with Crippen molar-refractivity contribution in [1.82, 2.24) is 5.32 Å². The summed E-state index contributed by atoms with van der Waals surface area (Å²) < 4.78 is 19.1. The highest BCUT2D eigenvalue weighted by atomic mass is 19.1. The topological polar surface area (TPSA) is 50.4 Å². The Morgan fingerprint density at radius 2 is 1.54 bits per heavy atom. The van der Waals surface area contributed by atoms with Crippen LogP contribution in [-0.2, 0) is 4.79 Å². The molecule has 0 bridgehead atoms. The zero-order valence-corrected chi connectivity index (χ0v) is 15.3. The number of hydrogen-bond donors (Lipinski definition) is 2. The van der Waals surface area contributed by atoms with Crippen LogP contribution >= 0.6 is 0 Å². The van der Waals surface area contributed by atoms with Crippen molar-refractivity contribution in [2.75, 3.05) is 5.32 Å². The molecule has 1 aliphatic carbocycles. The summed E-state index contributed by atoms with van der Waals surface area (Å²) in [6.45, 7) is 0. The fourth-order valence-electron chi connectivity index (χ4n) is 2.88. The van der Waals surface area contributed by atoms with E-state index in [2.05, 4.69) is 10.6 Å². The van der Waals surface area contributed by atoms with Crippen molar-refractivity contribution in [1.29, 1.82) is 0 Å². The minimum absolute atomic E-state index is 0.112. The van der Waals surface area contributed by atoms with E-state index in [0.717, 1.165) is 24.3 Å². The lowest BCUT2D eigenvalue weighted by Gasteiger charge is -2.20. The van der Waals surface area contributed by atoms with Crippen LogP contribution in [0.5, 0.6) is 11.5 Å². The van der Waals surface area contributed by atoms with Crippen LogP contribution in [-0.4, -0.2) is 11.9 Å². The van der Waals surface area contributed by atoms with E-state index in [1.54, 1.807) is 12.1 Å². The van der Waals surface area contributed by atoms with Crippen molar-refractivity contribution >= 4 is 11.6 Å². The highest BCUT2D eigenvalue weighted by molar-refractivity contribution is 5.86. The molecule has 1 aliphatic rings. The maximum absolute atomic E-state index is 13.3. The van der Waals surface area contributed by atoms with Crippen molar-refractivity contribution in [3.8, 4) is 11.5 Å². The van der Waals surface area contributed by atoms with Gasteiger partial charge in [0.15, 0.2) is 0 Å². The lowest BCUT2D eigenvalue weighted by atomic mass is 10.1. The number of halogens is 1. The Bertz CT molecular complexity index is 923. The molecule has 2 N–H and O–H groups in total. The molecule has 142 valence electrons. The second-order valence-corrected chi connectivity index (χ2v) is 6.85.